The van der Waals surface area contributed by atoms with Crippen molar-refractivity contribution in [2.45, 2.75) is 5.92 Å². The molecule has 0 fully saturated rings. The lowest BCUT2D eigenvalue weighted by molar-refractivity contribution is 0.393. The largest absolute Gasteiger partial charge is 0.440 e. The highest BCUT2D eigenvalue weighted by molar-refractivity contribution is 7.10. The fraction of sp³-hybridized carbons (Fsp3) is 0.0588. The highest BCUT2D eigenvalue weighted by Gasteiger charge is 2.33. The highest BCUT2D eigenvalue weighted by Crippen LogP contribution is 2.46. The van der Waals surface area contributed by atoms with Crippen LogP contribution < -0.4 is 16.1 Å². The maximum atomic E-state index is 11.7. The van der Waals surface area contributed by atoms with Gasteiger partial charge in [0.25, 0.3) is 0 Å². The summed E-state index contributed by atoms with van der Waals surface area (Å²) in [4.78, 5) is 12.6. The van der Waals surface area contributed by atoms with E-state index in [1.807, 2.05) is 17.5 Å². The Morgan fingerprint density at radius 3 is 2.78 bits per heavy atom. The first-order chi connectivity index (χ1) is 11.2. The molecule has 2 aromatic heterocycles. The van der Waals surface area contributed by atoms with Crippen LogP contribution in [0.4, 0.5) is 0 Å². The Labute approximate surface area is 134 Å². The van der Waals surface area contributed by atoms with Crippen molar-refractivity contribution in [1.82, 2.24) is 0 Å². The van der Waals surface area contributed by atoms with Gasteiger partial charge >= 0.3 is 5.63 Å². The second-order valence-electron chi connectivity index (χ2n) is 5.09. The molecule has 0 aliphatic carbocycles. The molecule has 2 N–H and O–H groups in total. The summed E-state index contributed by atoms with van der Waals surface area (Å²) in [5.74, 6) is 0.177. The Kier molecular flexibility index (Phi) is 2.96. The minimum absolute atomic E-state index is 0.0797. The van der Waals surface area contributed by atoms with Crippen LogP contribution in [0, 0.1) is 11.3 Å². The minimum Gasteiger partial charge on any atom is -0.440 e. The predicted molar refractivity (Wildman–Crippen MR) is 86.1 cm³/mol. The topological polar surface area (TPSA) is 89.3 Å². The summed E-state index contributed by atoms with van der Waals surface area (Å²) < 4.78 is 11.0. The van der Waals surface area contributed by atoms with Gasteiger partial charge in [-0.05, 0) is 29.6 Å². The van der Waals surface area contributed by atoms with E-state index >= 15 is 0 Å². The molecule has 3 aromatic rings. The average Bonchev–Trinajstić information content (AvgIpc) is 3.07. The number of hydrogen-bond acceptors (Lipinski definition) is 6. The predicted octanol–water partition coefficient (Wildman–Crippen LogP) is 3.07. The molecule has 6 heteroatoms. The van der Waals surface area contributed by atoms with Crippen LogP contribution in [0.15, 0.2) is 62.4 Å². The number of allylic oxidation sites excluding steroid dienone is 1. The van der Waals surface area contributed by atoms with E-state index < -0.39 is 11.5 Å². The Hall–Kier alpha value is -3.04. The molecule has 3 heterocycles. The summed E-state index contributed by atoms with van der Waals surface area (Å²) in [7, 11) is 0. The first-order valence-corrected chi connectivity index (χ1v) is 7.75. The lowest BCUT2D eigenvalue weighted by atomic mass is 9.87. The van der Waals surface area contributed by atoms with E-state index in [0.717, 1.165) is 10.3 Å². The van der Waals surface area contributed by atoms with Crippen LogP contribution in [0.5, 0.6) is 5.75 Å². The second kappa shape index (κ2) is 5.00. The van der Waals surface area contributed by atoms with Gasteiger partial charge in [0.2, 0.25) is 5.88 Å². The molecule has 0 saturated heterocycles. The Balaban J connectivity index is 2.11. The van der Waals surface area contributed by atoms with Crippen molar-refractivity contribution < 1.29 is 9.15 Å². The number of rotatable bonds is 1. The second-order valence-corrected chi connectivity index (χ2v) is 6.07. The van der Waals surface area contributed by atoms with Crippen molar-refractivity contribution in [3.05, 3.63) is 74.1 Å². The number of fused-ring (bicyclic) bond motifs is 3. The Morgan fingerprint density at radius 1 is 1.22 bits per heavy atom. The molecular formula is C17H10N2O3S. The van der Waals surface area contributed by atoms with Crippen LogP contribution in [0.25, 0.3) is 11.0 Å². The summed E-state index contributed by atoms with van der Waals surface area (Å²) in [5.41, 5.74) is 6.88. The fourth-order valence-corrected chi connectivity index (χ4v) is 3.66. The van der Waals surface area contributed by atoms with E-state index in [1.165, 1.54) is 17.4 Å². The van der Waals surface area contributed by atoms with E-state index in [2.05, 4.69) is 6.07 Å². The van der Waals surface area contributed by atoms with Gasteiger partial charge in [-0.3, -0.25) is 0 Å². The summed E-state index contributed by atoms with van der Waals surface area (Å²) in [5, 5.41) is 12.2. The van der Waals surface area contributed by atoms with Crippen molar-refractivity contribution in [3.8, 4) is 11.8 Å². The van der Waals surface area contributed by atoms with Gasteiger partial charge in [0.05, 0.1) is 11.5 Å². The molecule has 5 nitrogen and oxygen atoms in total. The summed E-state index contributed by atoms with van der Waals surface area (Å²) in [6.07, 6.45) is 0. The van der Waals surface area contributed by atoms with Crippen LogP contribution in [0.3, 0.4) is 0 Å². The van der Waals surface area contributed by atoms with E-state index in [-0.39, 0.29) is 5.88 Å². The molecular weight excluding hydrogens is 312 g/mol. The minimum atomic E-state index is -0.447. The molecule has 1 aliphatic rings. The standard InChI is InChI=1S/C17H10N2O3S/c18-8-10-14(12-2-1-7-23-12)15-11(21-17(10)19)5-3-9-4-6-13(20)22-16(9)15/h1-7,14H,19H2. The van der Waals surface area contributed by atoms with Gasteiger partial charge in [0, 0.05) is 16.3 Å². The summed E-state index contributed by atoms with van der Waals surface area (Å²) in [6, 6.07) is 12.6. The third kappa shape index (κ3) is 2.02. The summed E-state index contributed by atoms with van der Waals surface area (Å²) >= 11 is 1.51. The van der Waals surface area contributed by atoms with Gasteiger partial charge in [0.1, 0.15) is 23.0 Å². The molecule has 112 valence electrons. The fourth-order valence-electron chi connectivity index (χ4n) is 2.82. The van der Waals surface area contributed by atoms with E-state index in [9.17, 15) is 10.1 Å². The normalized spacial score (nSPS) is 16.7. The molecule has 0 amide bonds. The molecule has 1 aliphatic heterocycles. The van der Waals surface area contributed by atoms with Gasteiger partial charge in [-0.15, -0.1) is 11.3 Å². The van der Waals surface area contributed by atoms with Crippen LogP contribution in [0.2, 0.25) is 0 Å². The first kappa shape index (κ1) is 13.6. The SMILES string of the molecule is N#CC1=C(N)Oc2ccc3ccc(=O)oc3c2C1c1cccs1. The van der Waals surface area contributed by atoms with Crippen molar-refractivity contribution in [2.24, 2.45) is 5.73 Å². The number of nitrogens with two attached hydrogens (primary N) is 1. The van der Waals surface area contributed by atoms with Gasteiger partial charge in [-0.1, -0.05) is 6.07 Å². The molecule has 0 spiro atoms. The molecule has 1 unspecified atom stereocenters. The number of nitrogens with zero attached hydrogens (tertiary/aromatic N) is 1. The van der Waals surface area contributed by atoms with Gasteiger partial charge < -0.3 is 14.9 Å². The average molecular weight is 322 g/mol. The van der Waals surface area contributed by atoms with Crippen molar-refractivity contribution in [3.63, 3.8) is 0 Å². The Morgan fingerprint density at radius 2 is 2.04 bits per heavy atom. The van der Waals surface area contributed by atoms with Crippen LogP contribution in [0.1, 0.15) is 16.4 Å². The van der Waals surface area contributed by atoms with Crippen molar-refractivity contribution in [1.29, 1.82) is 5.26 Å². The van der Waals surface area contributed by atoms with Crippen molar-refractivity contribution >= 4 is 22.3 Å². The maximum Gasteiger partial charge on any atom is 0.336 e. The van der Waals surface area contributed by atoms with Gasteiger partial charge in [0.15, 0.2) is 0 Å². The maximum absolute atomic E-state index is 11.7. The van der Waals surface area contributed by atoms with Crippen LogP contribution in [-0.2, 0) is 0 Å². The van der Waals surface area contributed by atoms with Crippen LogP contribution in [-0.4, -0.2) is 0 Å². The molecule has 0 saturated carbocycles. The summed E-state index contributed by atoms with van der Waals surface area (Å²) in [6.45, 7) is 0. The van der Waals surface area contributed by atoms with Gasteiger partial charge in [-0.25, -0.2) is 4.79 Å². The number of thiophene rings is 1. The quantitative estimate of drug-likeness (QED) is 0.695. The van der Waals surface area contributed by atoms with E-state index in [4.69, 9.17) is 14.9 Å². The molecule has 1 atom stereocenters. The molecule has 0 radical (unpaired) electrons. The van der Waals surface area contributed by atoms with Crippen LogP contribution >= 0.6 is 11.3 Å². The molecule has 23 heavy (non-hydrogen) atoms. The number of ether oxygens (including phenoxy) is 1. The molecule has 4 rings (SSSR count). The smallest absolute Gasteiger partial charge is 0.336 e. The third-order valence-corrected chi connectivity index (χ3v) is 4.74. The number of benzene rings is 1. The Bertz CT molecular complexity index is 1040. The first-order valence-electron chi connectivity index (χ1n) is 6.87. The number of nitriles is 1. The zero-order valence-corrected chi connectivity index (χ0v) is 12.6. The lowest BCUT2D eigenvalue weighted by Gasteiger charge is -2.25. The molecule has 0 bridgehead atoms. The van der Waals surface area contributed by atoms with E-state index in [1.54, 1.807) is 18.2 Å². The number of hydrogen-bond donors (Lipinski definition) is 1. The molecule has 1 aromatic carbocycles. The third-order valence-electron chi connectivity index (χ3n) is 3.80. The van der Waals surface area contributed by atoms with Crippen molar-refractivity contribution in [2.75, 3.05) is 0 Å². The van der Waals surface area contributed by atoms with Gasteiger partial charge in [-0.2, -0.15) is 5.26 Å². The monoisotopic (exact) mass is 322 g/mol. The zero-order chi connectivity index (χ0) is 16.0. The zero-order valence-electron chi connectivity index (χ0n) is 11.8. The lowest BCUT2D eigenvalue weighted by Crippen LogP contribution is -2.21. The highest BCUT2D eigenvalue weighted by atomic mass is 32.1. The van der Waals surface area contributed by atoms with E-state index in [0.29, 0.717) is 22.5 Å².